The normalized spacial score (nSPS) is 12.2. The van der Waals surface area contributed by atoms with Crippen LogP contribution in [0.1, 0.15) is 36.1 Å². The topological polar surface area (TPSA) is 70.7 Å². The Labute approximate surface area is 172 Å². The van der Waals surface area contributed by atoms with Gasteiger partial charge in [-0.2, -0.15) is 5.26 Å². The minimum absolute atomic E-state index is 0.0102. The molecule has 3 rings (SSSR count). The summed E-state index contributed by atoms with van der Waals surface area (Å²) >= 11 is 9.39. The molecule has 9 heteroatoms. The van der Waals surface area contributed by atoms with Gasteiger partial charge in [0, 0.05) is 24.2 Å². The van der Waals surface area contributed by atoms with Gasteiger partial charge >= 0.3 is 0 Å². The van der Waals surface area contributed by atoms with E-state index >= 15 is 0 Å². The van der Waals surface area contributed by atoms with E-state index < -0.39 is 12.5 Å². The summed E-state index contributed by atoms with van der Waals surface area (Å²) in [5.74, 6) is 0.399. The van der Waals surface area contributed by atoms with Crippen molar-refractivity contribution < 1.29 is 8.78 Å². The third kappa shape index (κ3) is 3.48. The smallest absolute Gasteiger partial charge is 0.265 e. The number of aromatic nitrogens is 2. The molecule has 28 heavy (non-hydrogen) atoms. The van der Waals surface area contributed by atoms with Crippen molar-refractivity contribution in [3.8, 4) is 6.07 Å². The average molecular weight is 468 g/mol. The summed E-state index contributed by atoms with van der Waals surface area (Å²) in [5.41, 5.74) is 0.631. The van der Waals surface area contributed by atoms with Crippen LogP contribution in [0.2, 0.25) is 5.02 Å². The Bertz CT molecular complexity index is 1170. The Morgan fingerprint density at radius 3 is 2.68 bits per heavy atom. The lowest BCUT2D eigenvalue weighted by molar-refractivity contribution is 0.151. The maximum absolute atomic E-state index is 13.1. The molecule has 1 aromatic carbocycles. The third-order valence-electron chi connectivity index (χ3n) is 4.44. The average Bonchev–Trinajstić information content (AvgIpc) is 2.66. The number of hydrogen-bond acceptors (Lipinski definition) is 4. The minimum Gasteiger partial charge on any atom is -0.363 e. The van der Waals surface area contributed by atoms with Gasteiger partial charge in [0.1, 0.15) is 11.9 Å². The number of rotatable bonds is 4. The van der Waals surface area contributed by atoms with Gasteiger partial charge in [0.2, 0.25) is 0 Å². The number of anilines is 1. The molecule has 2 aromatic heterocycles. The number of nitriles is 1. The Morgan fingerprint density at radius 2 is 2.04 bits per heavy atom. The van der Waals surface area contributed by atoms with E-state index in [-0.39, 0.29) is 21.7 Å². The lowest BCUT2D eigenvalue weighted by Crippen LogP contribution is -2.19. The Hall–Kier alpha value is -2.50. The summed E-state index contributed by atoms with van der Waals surface area (Å²) < 4.78 is 27.9. The predicted molar refractivity (Wildman–Crippen MR) is 108 cm³/mol. The summed E-state index contributed by atoms with van der Waals surface area (Å²) in [6.07, 6.45) is -1.32. The molecule has 0 saturated heterocycles. The van der Waals surface area contributed by atoms with Crippen LogP contribution in [0.4, 0.5) is 14.6 Å². The molecule has 0 bridgehead atoms. The van der Waals surface area contributed by atoms with Crippen LogP contribution in [-0.2, 0) is 7.05 Å². The zero-order valence-corrected chi connectivity index (χ0v) is 17.1. The van der Waals surface area contributed by atoms with E-state index in [9.17, 15) is 18.8 Å². The van der Waals surface area contributed by atoms with Gasteiger partial charge in [0.15, 0.2) is 0 Å². The summed E-state index contributed by atoms with van der Waals surface area (Å²) in [7, 11) is 1.56. The highest BCUT2D eigenvalue weighted by Gasteiger charge is 2.20. The molecule has 0 aliphatic heterocycles. The van der Waals surface area contributed by atoms with E-state index in [0.717, 1.165) is 0 Å². The Kier molecular flexibility index (Phi) is 5.68. The van der Waals surface area contributed by atoms with Gasteiger partial charge < -0.3 is 9.88 Å². The fourth-order valence-corrected chi connectivity index (χ4v) is 3.88. The molecule has 0 unspecified atom stereocenters. The molecule has 0 aliphatic carbocycles. The molecule has 1 N–H and O–H groups in total. The molecule has 0 radical (unpaired) electrons. The molecule has 1 atom stereocenters. The first-order chi connectivity index (χ1) is 13.3. The van der Waals surface area contributed by atoms with Crippen LogP contribution in [0.25, 0.3) is 10.9 Å². The molecule has 0 fully saturated rings. The van der Waals surface area contributed by atoms with E-state index in [0.29, 0.717) is 26.8 Å². The van der Waals surface area contributed by atoms with Crippen molar-refractivity contribution >= 4 is 44.3 Å². The summed E-state index contributed by atoms with van der Waals surface area (Å²) in [6, 6.07) is 7.62. The molecule has 0 aliphatic rings. The van der Waals surface area contributed by atoms with Crippen LogP contribution in [0.5, 0.6) is 0 Å². The van der Waals surface area contributed by atoms with E-state index in [1.165, 1.54) is 22.9 Å². The maximum atomic E-state index is 13.1. The van der Waals surface area contributed by atoms with Crippen molar-refractivity contribution in [2.24, 2.45) is 7.05 Å². The van der Waals surface area contributed by atoms with E-state index in [1.54, 1.807) is 26.1 Å². The Morgan fingerprint density at radius 1 is 1.36 bits per heavy atom. The van der Waals surface area contributed by atoms with E-state index in [2.05, 4.69) is 26.2 Å². The first-order valence-corrected chi connectivity index (χ1v) is 9.34. The number of halogens is 4. The second-order valence-corrected chi connectivity index (χ2v) is 7.40. The van der Waals surface area contributed by atoms with Crippen molar-refractivity contribution in [3.05, 3.63) is 67.0 Å². The summed E-state index contributed by atoms with van der Waals surface area (Å²) in [6.45, 7) is 1.76. The highest BCUT2D eigenvalue weighted by atomic mass is 79.9. The van der Waals surface area contributed by atoms with Gasteiger partial charge in [-0.15, -0.1) is 0 Å². The number of aryl methyl sites for hydroxylation is 1. The van der Waals surface area contributed by atoms with Gasteiger partial charge in [0.25, 0.3) is 12.0 Å². The van der Waals surface area contributed by atoms with Crippen LogP contribution < -0.4 is 10.9 Å². The van der Waals surface area contributed by atoms with Crippen molar-refractivity contribution in [3.63, 3.8) is 0 Å². The van der Waals surface area contributed by atoms with E-state index in [1.807, 2.05) is 6.07 Å². The number of fused-ring (bicyclic) bond motifs is 1. The first-order valence-electron chi connectivity index (χ1n) is 8.17. The SMILES string of the molecule is C[C@@H](Nc1ncc(C#N)c2c1cc(Br)c(=O)n2C)c1cccc(C(F)F)c1Cl. The molecule has 0 amide bonds. The fourth-order valence-electron chi connectivity index (χ4n) is 3.02. The molecule has 2 heterocycles. The number of alkyl halides is 2. The zero-order valence-electron chi connectivity index (χ0n) is 14.8. The van der Waals surface area contributed by atoms with Crippen molar-refractivity contribution in [1.29, 1.82) is 5.26 Å². The van der Waals surface area contributed by atoms with Crippen molar-refractivity contribution in [2.45, 2.75) is 19.4 Å². The molecule has 0 spiro atoms. The molecular formula is C19H14BrClF2N4O. The number of nitrogens with zero attached hydrogens (tertiary/aromatic N) is 3. The molecule has 0 saturated carbocycles. The van der Waals surface area contributed by atoms with Crippen LogP contribution in [0, 0.1) is 11.3 Å². The second kappa shape index (κ2) is 7.86. The second-order valence-electron chi connectivity index (χ2n) is 6.17. The maximum Gasteiger partial charge on any atom is 0.265 e. The number of benzene rings is 1. The van der Waals surface area contributed by atoms with Crippen LogP contribution in [0.3, 0.4) is 0 Å². The van der Waals surface area contributed by atoms with E-state index in [4.69, 9.17) is 11.6 Å². The lowest BCUT2D eigenvalue weighted by atomic mass is 10.0. The molecular weight excluding hydrogens is 454 g/mol. The van der Waals surface area contributed by atoms with Crippen molar-refractivity contribution in [1.82, 2.24) is 9.55 Å². The van der Waals surface area contributed by atoms with Crippen LogP contribution in [0.15, 0.2) is 39.7 Å². The number of hydrogen-bond donors (Lipinski definition) is 1. The molecule has 5 nitrogen and oxygen atoms in total. The standard InChI is InChI=1S/C19H14BrClF2N4O/c1-9(11-4-3-5-12(15(11)21)17(22)23)26-18-13-6-14(20)19(28)27(2)16(13)10(7-24)8-25-18/h3-6,8-9,17H,1-2H3,(H,25,26)/t9-/m1/s1. The van der Waals surface area contributed by atoms with Crippen molar-refractivity contribution in [2.75, 3.05) is 5.32 Å². The largest absolute Gasteiger partial charge is 0.363 e. The monoisotopic (exact) mass is 466 g/mol. The minimum atomic E-state index is -2.68. The van der Waals surface area contributed by atoms with Crippen LogP contribution >= 0.6 is 27.5 Å². The zero-order chi connectivity index (χ0) is 20.6. The Balaban J connectivity index is 2.13. The lowest BCUT2D eigenvalue weighted by Gasteiger charge is -2.20. The third-order valence-corrected chi connectivity index (χ3v) is 5.44. The van der Waals surface area contributed by atoms with Crippen LogP contribution in [-0.4, -0.2) is 9.55 Å². The van der Waals surface area contributed by atoms with Gasteiger partial charge in [0.05, 0.1) is 26.6 Å². The van der Waals surface area contributed by atoms with Gasteiger partial charge in [-0.3, -0.25) is 4.79 Å². The predicted octanol–water partition coefficient (Wildman–Crippen LogP) is 5.33. The molecule has 3 aromatic rings. The summed E-state index contributed by atoms with van der Waals surface area (Å²) in [5, 5.41) is 13.0. The van der Waals surface area contributed by atoms with Gasteiger partial charge in [-0.25, -0.2) is 13.8 Å². The number of pyridine rings is 2. The molecule has 144 valence electrons. The highest BCUT2D eigenvalue weighted by molar-refractivity contribution is 9.10. The number of nitrogens with one attached hydrogen (secondary N) is 1. The van der Waals surface area contributed by atoms with Gasteiger partial charge in [-0.1, -0.05) is 29.8 Å². The quantitative estimate of drug-likeness (QED) is 0.563. The highest BCUT2D eigenvalue weighted by Crippen LogP contribution is 2.35. The summed E-state index contributed by atoms with van der Waals surface area (Å²) in [4.78, 5) is 16.5. The van der Waals surface area contributed by atoms with Gasteiger partial charge in [-0.05, 0) is 34.5 Å². The first kappa shape index (κ1) is 20.2. The fraction of sp³-hybridized carbons (Fsp3) is 0.211.